The van der Waals surface area contributed by atoms with Gasteiger partial charge in [0, 0.05) is 32.4 Å². The molecule has 0 aromatic carbocycles. The van der Waals surface area contributed by atoms with Crippen molar-refractivity contribution in [3.63, 3.8) is 0 Å². The second-order valence-electron chi connectivity index (χ2n) is 7.16. The van der Waals surface area contributed by atoms with E-state index in [-0.39, 0.29) is 6.04 Å². The average Bonchev–Trinajstić information content (AvgIpc) is 3.27. The summed E-state index contributed by atoms with van der Waals surface area (Å²) < 4.78 is 3.85. The molecule has 1 N–H and O–H groups in total. The Balaban J connectivity index is 1.81. The fourth-order valence-corrected chi connectivity index (χ4v) is 3.25. The van der Waals surface area contributed by atoms with Crippen LogP contribution in [0.15, 0.2) is 18.7 Å². The molecule has 1 fully saturated rings. The summed E-state index contributed by atoms with van der Waals surface area (Å²) in [5.41, 5.74) is 2.54. The number of imidazole rings is 1. The fourth-order valence-electron chi connectivity index (χ4n) is 3.25. The van der Waals surface area contributed by atoms with Gasteiger partial charge in [-0.3, -0.25) is 4.68 Å². The topological polar surface area (TPSA) is 76.7 Å². The van der Waals surface area contributed by atoms with Crippen LogP contribution in [0.2, 0.25) is 0 Å². The molecule has 1 saturated heterocycles. The second kappa shape index (κ2) is 6.02. The summed E-state index contributed by atoms with van der Waals surface area (Å²) in [6, 6.07) is 0.288. The third kappa shape index (κ3) is 2.92. The standard InChI is InChI=1S/C17H24N8/c1-11(2)25-10-18-14-15(20-13-7-19-23(4)9-13)21-17(22-16(14)25)24-6-5-12(3)8-24/h7,9-12H,5-6,8H2,1-4H3,(H,20,21,22). The van der Waals surface area contributed by atoms with Gasteiger partial charge in [-0.15, -0.1) is 0 Å². The molecule has 1 atom stereocenters. The highest BCUT2D eigenvalue weighted by molar-refractivity contribution is 5.86. The maximum atomic E-state index is 4.83. The molecule has 3 aromatic heterocycles. The van der Waals surface area contributed by atoms with Crippen molar-refractivity contribution in [1.29, 1.82) is 0 Å². The van der Waals surface area contributed by atoms with Gasteiger partial charge >= 0.3 is 0 Å². The molecule has 0 bridgehead atoms. The maximum absolute atomic E-state index is 4.83. The number of aryl methyl sites for hydroxylation is 1. The minimum absolute atomic E-state index is 0.288. The molecule has 1 unspecified atom stereocenters. The quantitative estimate of drug-likeness (QED) is 0.787. The Hall–Kier alpha value is -2.64. The van der Waals surface area contributed by atoms with Gasteiger partial charge < -0.3 is 14.8 Å². The predicted molar refractivity (Wildman–Crippen MR) is 98.2 cm³/mol. The molecule has 25 heavy (non-hydrogen) atoms. The summed E-state index contributed by atoms with van der Waals surface area (Å²) in [5, 5.41) is 7.57. The lowest BCUT2D eigenvalue weighted by atomic mass is 10.2. The van der Waals surface area contributed by atoms with E-state index in [1.807, 2.05) is 19.6 Å². The Morgan fingerprint density at radius 1 is 1.28 bits per heavy atom. The van der Waals surface area contributed by atoms with Gasteiger partial charge in [0.25, 0.3) is 0 Å². The van der Waals surface area contributed by atoms with Crippen LogP contribution in [-0.2, 0) is 7.05 Å². The molecule has 3 aromatic rings. The number of nitrogens with zero attached hydrogens (tertiary/aromatic N) is 7. The Bertz CT molecular complexity index is 893. The van der Waals surface area contributed by atoms with Crippen LogP contribution >= 0.6 is 0 Å². The highest BCUT2D eigenvalue weighted by Crippen LogP contribution is 2.29. The SMILES string of the molecule is CC1CCN(c2nc(Nc3cnn(C)c3)c3ncn(C(C)C)c3n2)C1. The molecular formula is C17H24N8. The highest BCUT2D eigenvalue weighted by atomic mass is 15.3. The van der Waals surface area contributed by atoms with Crippen molar-refractivity contribution >= 4 is 28.6 Å². The van der Waals surface area contributed by atoms with Gasteiger partial charge in [0.05, 0.1) is 18.2 Å². The number of nitrogens with one attached hydrogen (secondary N) is 1. The maximum Gasteiger partial charge on any atom is 0.229 e. The first kappa shape index (κ1) is 15.9. The lowest BCUT2D eigenvalue weighted by Crippen LogP contribution is -2.22. The van der Waals surface area contributed by atoms with E-state index in [1.165, 1.54) is 6.42 Å². The number of fused-ring (bicyclic) bond motifs is 1. The van der Waals surface area contributed by atoms with Crippen molar-refractivity contribution in [1.82, 2.24) is 29.3 Å². The number of hydrogen-bond acceptors (Lipinski definition) is 6. The van der Waals surface area contributed by atoms with Gasteiger partial charge in [0.15, 0.2) is 17.0 Å². The van der Waals surface area contributed by atoms with Crippen LogP contribution in [0, 0.1) is 5.92 Å². The smallest absolute Gasteiger partial charge is 0.229 e. The summed E-state index contributed by atoms with van der Waals surface area (Å²) in [6.45, 7) is 8.53. The first-order chi connectivity index (χ1) is 12.0. The van der Waals surface area contributed by atoms with Gasteiger partial charge in [0.2, 0.25) is 5.95 Å². The highest BCUT2D eigenvalue weighted by Gasteiger charge is 2.24. The van der Waals surface area contributed by atoms with Crippen LogP contribution in [0.3, 0.4) is 0 Å². The Labute approximate surface area is 146 Å². The molecule has 1 aliphatic heterocycles. The molecule has 1 aliphatic rings. The zero-order chi connectivity index (χ0) is 17.6. The zero-order valence-electron chi connectivity index (χ0n) is 15.1. The third-order valence-electron chi connectivity index (χ3n) is 4.64. The van der Waals surface area contributed by atoms with Crippen molar-refractivity contribution in [2.24, 2.45) is 13.0 Å². The van der Waals surface area contributed by atoms with Gasteiger partial charge in [-0.25, -0.2) is 4.98 Å². The lowest BCUT2D eigenvalue weighted by Gasteiger charge is -2.18. The Morgan fingerprint density at radius 3 is 2.76 bits per heavy atom. The van der Waals surface area contributed by atoms with Crippen LogP contribution in [0.1, 0.15) is 33.2 Å². The molecule has 0 aliphatic carbocycles. The monoisotopic (exact) mass is 340 g/mol. The van der Waals surface area contributed by atoms with E-state index in [0.717, 1.165) is 41.7 Å². The van der Waals surface area contributed by atoms with Crippen LogP contribution in [-0.4, -0.2) is 42.4 Å². The number of aromatic nitrogens is 6. The van der Waals surface area contributed by atoms with Gasteiger partial charge in [-0.1, -0.05) is 6.92 Å². The van der Waals surface area contributed by atoms with Crippen molar-refractivity contribution in [2.75, 3.05) is 23.3 Å². The molecule has 4 heterocycles. The van der Waals surface area contributed by atoms with Crippen LogP contribution in [0.4, 0.5) is 17.5 Å². The first-order valence-electron chi connectivity index (χ1n) is 8.76. The molecule has 132 valence electrons. The molecule has 8 heteroatoms. The van der Waals surface area contributed by atoms with Crippen molar-refractivity contribution in [3.8, 4) is 0 Å². The number of anilines is 3. The summed E-state index contributed by atoms with van der Waals surface area (Å²) >= 11 is 0. The van der Waals surface area contributed by atoms with Crippen molar-refractivity contribution in [2.45, 2.75) is 33.2 Å². The van der Waals surface area contributed by atoms with Crippen molar-refractivity contribution < 1.29 is 0 Å². The van der Waals surface area contributed by atoms with Gasteiger partial charge in [-0.05, 0) is 26.2 Å². The minimum atomic E-state index is 0.288. The molecule has 0 spiro atoms. The van der Waals surface area contributed by atoms with Crippen molar-refractivity contribution in [3.05, 3.63) is 18.7 Å². The summed E-state index contributed by atoms with van der Waals surface area (Å²) in [4.78, 5) is 16.4. The van der Waals surface area contributed by atoms with E-state index in [1.54, 1.807) is 10.9 Å². The molecule has 0 saturated carbocycles. The van der Waals surface area contributed by atoms with Gasteiger partial charge in [-0.2, -0.15) is 15.1 Å². The normalized spacial score (nSPS) is 17.8. The van der Waals surface area contributed by atoms with E-state index >= 15 is 0 Å². The van der Waals surface area contributed by atoms with Gasteiger partial charge in [0.1, 0.15) is 0 Å². The third-order valence-corrected chi connectivity index (χ3v) is 4.64. The summed E-state index contributed by atoms with van der Waals surface area (Å²) in [6.07, 6.45) is 6.72. The van der Waals surface area contributed by atoms with Crippen LogP contribution < -0.4 is 10.2 Å². The van der Waals surface area contributed by atoms with E-state index in [0.29, 0.717) is 5.92 Å². The fraction of sp³-hybridized carbons (Fsp3) is 0.529. The first-order valence-corrected chi connectivity index (χ1v) is 8.76. The Kier molecular flexibility index (Phi) is 3.82. The largest absolute Gasteiger partial charge is 0.340 e. The van der Waals surface area contributed by atoms with E-state index in [9.17, 15) is 0 Å². The molecule has 8 nitrogen and oxygen atoms in total. The molecular weight excluding hydrogens is 316 g/mol. The Morgan fingerprint density at radius 2 is 2.12 bits per heavy atom. The van der Waals surface area contributed by atoms with Crippen LogP contribution in [0.25, 0.3) is 11.2 Å². The second-order valence-corrected chi connectivity index (χ2v) is 7.16. The van der Waals surface area contributed by atoms with Crippen LogP contribution in [0.5, 0.6) is 0 Å². The van der Waals surface area contributed by atoms with E-state index in [4.69, 9.17) is 9.97 Å². The molecule has 0 amide bonds. The number of rotatable bonds is 4. The molecule has 4 rings (SSSR count). The molecule has 0 radical (unpaired) electrons. The zero-order valence-corrected chi connectivity index (χ0v) is 15.1. The van der Waals surface area contributed by atoms with E-state index < -0.39 is 0 Å². The predicted octanol–water partition coefficient (Wildman–Crippen LogP) is 2.73. The average molecular weight is 340 g/mol. The van der Waals surface area contributed by atoms with E-state index in [2.05, 4.69) is 45.6 Å². The summed E-state index contributed by atoms with van der Waals surface area (Å²) in [5.74, 6) is 2.17. The number of hydrogen-bond donors (Lipinski definition) is 1. The summed E-state index contributed by atoms with van der Waals surface area (Å²) in [7, 11) is 1.89. The lowest BCUT2D eigenvalue weighted by molar-refractivity contribution is 0.612. The minimum Gasteiger partial charge on any atom is -0.340 e.